The van der Waals surface area contributed by atoms with Gasteiger partial charge in [-0.25, -0.2) is 0 Å². The molecule has 2 aromatic carbocycles. The average Bonchev–Trinajstić information content (AvgIpc) is 2.47. The highest BCUT2D eigenvalue weighted by atomic mass is 31.2. The van der Waals surface area contributed by atoms with Crippen LogP contribution in [0.25, 0.3) is 0 Å². The lowest BCUT2D eigenvalue weighted by atomic mass is 10.2. The summed E-state index contributed by atoms with van der Waals surface area (Å²) in [5.41, 5.74) is 7.51. The second kappa shape index (κ2) is 5.72. The van der Waals surface area contributed by atoms with Crippen LogP contribution in [0.3, 0.4) is 0 Å². The summed E-state index contributed by atoms with van der Waals surface area (Å²) in [5, 5.41) is 10.3. The maximum Gasteiger partial charge on any atom is 0.122 e. The minimum atomic E-state index is -2.99. The molecule has 1 unspecified atom stereocenters. The third kappa shape index (κ3) is 2.96. The Morgan fingerprint density at radius 3 is 1.79 bits per heavy atom. The van der Waals surface area contributed by atoms with E-state index in [2.05, 4.69) is 6.30 Å². The quantitative estimate of drug-likeness (QED) is 0.752. The number of hydrogen-bond acceptors (Lipinski definition) is 3. The molecule has 0 aliphatic rings. The van der Waals surface area contributed by atoms with E-state index in [1.807, 2.05) is 48.5 Å². The van der Waals surface area contributed by atoms with Gasteiger partial charge >= 0.3 is 0 Å². The fourth-order valence-corrected chi connectivity index (χ4v) is 3.62. The van der Waals surface area contributed by atoms with E-state index in [4.69, 9.17) is 5.73 Å². The molecule has 2 aromatic rings. The van der Waals surface area contributed by atoms with Crippen LogP contribution in [-0.2, 0) is 0 Å². The molecule has 2 rings (SSSR count). The molecule has 0 spiro atoms. The molecule has 0 heterocycles. The van der Waals surface area contributed by atoms with Gasteiger partial charge in [-0.2, -0.15) is 0 Å². The van der Waals surface area contributed by atoms with Gasteiger partial charge in [0.15, 0.2) is 0 Å². The summed E-state index contributed by atoms with van der Waals surface area (Å²) in [6.07, 6.45) is 3.81. The van der Waals surface area contributed by atoms with Crippen LogP contribution in [0.1, 0.15) is 22.8 Å². The van der Waals surface area contributed by atoms with Crippen molar-refractivity contribution in [1.82, 2.24) is 0 Å². The number of rotatable bonds is 4. The van der Waals surface area contributed by atoms with Crippen LogP contribution in [0.4, 0.5) is 0 Å². The Kier molecular flexibility index (Phi) is 4.23. The standard InChI is InChI=1S/C15H18NO2P/c1-19(18,14(16)12-8-4-2-5-9-12)15(17)13-10-6-3-7-11-13/h2-11,14-15,17-18H,1,16H2/t14-,15-,19?/m0/s1. The van der Waals surface area contributed by atoms with E-state index < -0.39 is 18.7 Å². The Hall–Kier alpha value is -1.38. The lowest BCUT2D eigenvalue weighted by Gasteiger charge is -2.30. The zero-order chi connectivity index (χ0) is 13.9. The summed E-state index contributed by atoms with van der Waals surface area (Å²) in [4.78, 5) is 10.6. The average molecular weight is 275 g/mol. The highest BCUT2D eigenvalue weighted by molar-refractivity contribution is 7.68. The molecular formula is C15H18NO2P. The van der Waals surface area contributed by atoms with Crippen LogP contribution >= 0.6 is 7.11 Å². The molecule has 0 radical (unpaired) electrons. The topological polar surface area (TPSA) is 66.5 Å². The van der Waals surface area contributed by atoms with E-state index in [9.17, 15) is 10.00 Å². The van der Waals surface area contributed by atoms with Crippen molar-refractivity contribution in [3.8, 4) is 0 Å². The zero-order valence-corrected chi connectivity index (χ0v) is 11.4. The fourth-order valence-electron chi connectivity index (χ4n) is 1.94. The molecule has 0 aromatic heterocycles. The predicted octanol–water partition coefficient (Wildman–Crippen LogP) is 2.69. The summed E-state index contributed by atoms with van der Waals surface area (Å²) in [6.45, 7) is 0. The van der Waals surface area contributed by atoms with Crippen LogP contribution in [0.15, 0.2) is 60.7 Å². The van der Waals surface area contributed by atoms with E-state index in [1.54, 1.807) is 12.1 Å². The first-order valence-electron chi connectivity index (χ1n) is 6.02. The van der Waals surface area contributed by atoms with Crippen LogP contribution < -0.4 is 5.73 Å². The summed E-state index contributed by atoms with van der Waals surface area (Å²) in [5.74, 6) is -1.70. The Bertz CT molecular complexity index is 522. The molecule has 0 saturated carbocycles. The van der Waals surface area contributed by atoms with Crippen molar-refractivity contribution in [2.24, 2.45) is 5.73 Å². The molecule has 0 amide bonds. The molecule has 0 aliphatic carbocycles. The second-order valence-corrected chi connectivity index (χ2v) is 7.35. The maximum absolute atomic E-state index is 10.6. The van der Waals surface area contributed by atoms with Gasteiger partial charge < -0.3 is 15.7 Å². The summed E-state index contributed by atoms with van der Waals surface area (Å²) < 4.78 is 0. The summed E-state index contributed by atoms with van der Waals surface area (Å²) >= 11 is 0. The van der Waals surface area contributed by atoms with Gasteiger partial charge in [0.25, 0.3) is 0 Å². The van der Waals surface area contributed by atoms with Crippen molar-refractivity contribution in [2.75, 3.05) is 0 Å². The summed E-state index contributed by atoms with van der Waals surface area (Å²) in [7, 11) is -2.99. The van der Waals surface area contributed by atoms with Gasteiger partial charge in [-0.3, -0.25) is 0 Å². The van der Waals surface area contributed by atoms with Gasteiger partial charge in [-0.15, -0.1) is 0 Å². The first kappa shape index (κ1) is 14.0. The van der Waals surface area contributed by atoms with Crippen molar-refractivity contribution in [1.29, 1.82) is 0 Å². The van der Waals surface area contributed by atoms with Gasteiger partial charge in [0.05, 0.1) is 5.78 Å². The van der Waals surface area contributed by atoms with E-state index >= 15 is 0 Å². The molecule has 0 bridgehead atoms. The highest BCUT2D eigenvalue weighted by Gasteiger charge is 2.30. The normalized spacial score (nSPS) is 17.4. The fraction of sp³-hybridized carbons (Fsp3) is 0.133. The Morgan fingerprint density at radius 1 is 0.895 bits per heavy atom. The van der Waals surface area contributed by atoms with Crippen molar-refractivity contribution in [2.45, 2.75) is 11.6 Å². The van der Waals surface area contributed by atoms with E-state index in [0.717, 1.165) is 5.56 Å². The van der Waals surface area contributed by atoms with Gasteiger partial charge in [0, 0.05) is 7.11 Å². The highest BCUT2D eigenvalue weighted by Crippen LogP contribution is 2.61. The van der Waals surface area contributed by atoms with E-state index in [-0.39, 0.29) is 0 Å². The number of benzene rings is 2. The second-order valence-electron chi connectivity index (χ2n) is 4.53. The minimum absolute atomic E-state index is 0.639. The van der Waals surface area contributed by atoms with Crippen molar-refractivity contribution >= 4 is 13.4 Å². The minimum Gasteiger partial charge on any atom is -0.382 e. The van der Waals surface area contributed by atoms with Crippen molar-refractivity contribution in [3.63, 3.8) is 0 Å². The van der Waals surface area contributed by atoms with Crippen LogP contribution in [0.2, 0.25) is 0 Å². The molecule has 100 valence electrons. The first-order valence-corrected chi connectivity index (χ1v) is 8.09. The van der Waals surface area contributed by atoms with Gasteiger partial charge in [-0.1, -0.05) is 67.0 Å². The lowest BCUT2D eigenvalue weighted by Crippen LogP contribution is -2.15. The van der Waals surface area contributed by atoms with Crippen molar-refractivity contribution in [3.05, 3.63) is 71.8 Å². The molecule has 0 aliphatic heterocycles. The predicted molar refractivity (Wildman–Crippen MR) is 81.0 cm³/mol. The molecule has 4 heteroatoms. The molecule has 3 nitrogen and oxygen atoms in total. The van der Waals surface area contributed by atoms with Crippen LogP contribution in [0, 0.1) is 0 Å². The van der Waals surface area contributed by atoms with Crippen molar-refractivity contribution < 1.29 is 10.00 Å². The largest absolute Gasteiger partial charge is 0.382 e. The SMILES string of the molecule is C=P(O)([C@H](N)c1ccccc1)[C@H](O)c1ccccc1. The monoisotopic (exact) mass is 275 g/mol. The van der Waals surface area contributed by atoms with Gasteiger partial charge in [-0.05, 0) is 11.1 Å². The maximum atomic E-state index is 10.6. The molecule has 0 fully saturated rings. The number of aliphatic hydroxyl groups is 1. The van der Waals surface area contributed by atoms with Gasteiger partial charge in [0.1, 0.15) is 5.85 Å². The lowest BCUT2D eigenvalue weighted by molar-refractivity contribution is 0.248. The van der Waals surface area contributed by atoms with Crippen LogP contribution in [-0.4, -0.2) is 16.3 Å². The first-order chi connectivity index (χ1) is 9.03. The Balaban J connectivity index is 2.30. The molecule has 19 heavy (non-hydrogen) atoms. The third-order valence-electron chi connectivity index (χ3n) is 3.14. The molecule has 3 atom stereocenters. The van der Waals surface area contributed by atoms with E-state index in [0.29, 0.717) is 5.56 Å². The molecular weight excluding hydrogens is 257 g/mol. The Labute approximate surface area is 113 Å². The third-order valence-corrected chi connectivity index (χ3v) is 5.55. The summed E-state index contributed by atoms with van der Waals surface area (Å²) in [6, 6.07) is 18.2. The molecule has 0 saturated heterocycles. The zero-order valence-electron chi connectivity index (χ0n) is 10.6. The number of hydrogen-bond donors (Lipinski definition) is 3. The van der Waals surface area contributed by atoms with E-state index in [1.165, 1.54) is 0 Å². The molecule has 4 N–H and O–H groups in total. The van der Waals surface area contributed by atoms with Gasteiger partial charge in [0.2, 0.25) is 0 Å². The Morgan fingerprint density at radius 2 is 1.32 bits per heavy atom. The number of nitrogens with two attached hydrogens (primary N) is 1. The number of aliphatic hydroxyl groups excluding tert-OH is 1. The smallest absolute Gasteiger partial charge is 0.122 e. The van der Waals surface area contributed by atoms with Crippen LogP contribution in [0.5, 0.6) is 0 Å².